The SMILES string of the molecule is C1NCC2CC12.CN(C)c1ncnc2[nH]ccc12. The number of nitrogens with zero attached hydrogens (tertiary/aromatic N) is 3. The third-order valence-corrected chi connectivity index (χ3v) is 3.64. The maximum Gasteiger partial charge on any atom is 0.142 e. The van der Waals surface area contributed by atoms with E-state index in [0.29, 0.717) is 0 Å². The molecular weight excluding hydrogens is 226 g/mol. The Bertz CT molecular complexity index is 525. The second-order valence-corrected chi connectivity index (χ2v) is 5.25. The minimum Gasteiger partial charge on any atom is -0.362 e. The van der Waals surface area contributed by atoms with Crippen LogP contribution >= 0.6 is 0 Å². The second kappa shape index (κ2) is 4.57. The van der Waals surface area contributed by atoms with Crippen molar-refractivity contribution >= 4 is 16.9 Å². The van der Waals surface area contributed by atoms with Crippen molar-refractivity contribution in [2.45, 2.75) is 6.42 Å². The molecule has 2 aromatic heterocycles. The molecule has 5 nitrogen and oxygen atoms in total. The van der Waals surface area contributed by atoms with Crippen LogP contribution in [0.1, 0.15) is 6.42 Å². The molecule has 2 unspecified atom stereocenters. The molecule has 2 atom stereocenters. The molecule has 1 aliphatic heterocycles. The molecule has 2 N–H and O–H groups in total. The van der Waals surface area contributed by atoms with E-state index >= 15 is 0 Å². The summed E-state index contributed by atoms with van der Waals surface area (Å²) in [5.74, 6) is 3.15. The fourth-order valence-corrected chi connectivity index (χ4v) is 2.48. The van der Waals surface area contributed by atoms with Gasteiger partial charge in [0.15, 0.2) is 0 Å². The summed E-state index contributed by atoms with van der Waals surface area (Å²) in [6, 6.07) is 1.98. The van der Waals surface area contributed by atoms with E-state index in [1.54, 1.807) is 6.33 Å². The molecular formula is C13H19N5. The lowest BCUT2D eigenvalue weighted by molar-refractivity contribution is 0.732. The first-order chi connectivity index (χ1) is 8.75. The molecule has 0 aromatic carbocycles. The molecule has 1 saturated carbocycles. The third-order valence-electron chi connectivity index (χ3n) is 3.64. The molecule has 0 bridgehead atoms. The maximum absolute atomic E-state index is 4.17. The molecule has 1 aliphatic carbocycles. The fourth-order valence-electron chi connectivity index (χ4n) is 2.48. The highest BCUT2D eigenvalue weighted by Gasteiger charge is 2.40. The zero-order valence-corrected chi connectivity index (χ0v) is 10.8. The van der Waals surface area contributed by atoms with Crippen molar-refractivity contribution in [2.75, 3.05) is 32.1 Å². The number of nitrogens with one attached hydrogen (secondary N) is 2. The molecule has 1 saturated heterocycles. The Labute approximate surface area is 107 Å². The van der Waals surface area contributed by atoms with Gasteiger partial charge in [-0.15, -0.1) is 0 Å². The van der Waals surface area contributed by atoms with Gasteiger partial charge in [-0.2, -0.15) is 0 Å². The molecule has 0 amide bonds. The first-order valence-corrected chi connectivity index (χ1v) is 6.42. The molecule has 4 rings (SSSR count). The standard InChI is InChI=1S/C8H10N4.C5H9N/c1-12(2)8-6-3-4-9-7(6)10-5-11-8;1-4-2-6-3-5(1)4/h3-5H,1-2H3,(H,9,10,11);4-6H,1-3H2. The number of piperidine rings is 1. The van der Waals surface area contributed by atoms with E-state index in [1.165, 1.54) is 19.5 Å². The molecule has 2 aliphatic rings. The number of hydrogen-bond acceptors (Lipinski definition) is 4. The zero-order chi connectivity index (χ0) is 12.5. The molecule has 3 heterocycles. The normalized spacial score (nSPS) is 24.3. The van der Waals surface area contributed by atoms with Gasteiger partial charge in [-0.3, -0.25) is 0 Å². The largest absolute Gasteiger partial charge is 0.362 e. The maximum atomic E-state index is 4.17. The van der Waals surface area contributed by atoms with Crippen molar-refractivity contribution in [3.05, 3.63) is 18.6 Å². The van der Waals surface area contributed by atoms with E-state index in [0.717, 1.165) is 28.7 Å². The van der Waals surface area contributed by atoms with Crippen LogP contribution in [0.4, 0.5) is 5.82 Å². The molecule has 18 heavy (non-hydrogen) atoms. The van der Waals surface area contributed by atoms with Crippen LogP contribution in [0.3, 0.4) is 0 Å². The van der Waals surface area contributed by atoms with Crippen molar-refractivity contribution in [3.63, 3.8) is 0 Å². The molecule has 0 spiro atoms. The topological polar surface area (TPSA) is 56.8 Å². The minimum atomic E-state index is 0.883. The number of aromatic nitrogens is 3. The van der Waals surface area contributed by atoms with Crippen LogP contribution in [0.5, 0.6) is 0 Å². The Morgan fingerprint density at radius 2 is 2.00 bits per heavy atom. The third kappa shape index (κ3) is 2.18. The summed E-state index contributed by atoms with van der Waals surface area (Å²) in [6.07, 6.45) is 4.95. The highest BCUT2D eigenvalue weighted by atomic mass is 15.1. The number of aromatic amines is 1. The smallest absolute Gasteiger partial charge is 0.142 e. The van der Waals surface area contributed by atoms with Crippen LogP contribution in [0.25, 0.3) is 11.0 Å². The lowest BCUT2D eigenvalue weighted by Crippen LogP contribution is -2.10. The van der Waals surface area contributed by atoms with E-state index in [2.05, 4.69) is 20.3 Å². The molecule has 2 fully saturated rings. The van der Waals surface area contributed by atoms with E-state index in [1.807, 2.05) is 31.3 Å². The summed E-state index contributed by atoms with van der Waals surface area (Å²) in [5.41, 5.74) is 0.883. The Kier molecular flexibility index (Phi) is 2.91. The van der Waals surface area contributed by atoms with Gasteiger partial charge >= 0.3 is 0 Å². The minimum absolute atomic E-state index is 0.883. The molecule has 0 radical (unpaired) electrons. The lowest BCUT2D eigenvalue weighted by atomic mass is 10.3. The molecule has 5 heteroatoms. The predicted molar refractivity (Wildman–Crippen MR) is 72.7 cm³/mol. The average Bonchev–Trinajstić information content (AvgIpc) is 2.82. The highest BCUT2D eigenvalue weighted by Crippen LogP contribution is 2.40. The van der Waals surface area contributed by atoms with Gasteiger partial charge in [0.1, 0.15) is 17.8 Å². The van der Waals surface area contributed by atoms with Gasteiger partial charge in [0.25, 0.3) is 0 Å². The summed E-state index contributed by atoms with van der Waals surface area (Å²) < 4.78 is 0. The summed E-state index contributed by atoms with van der Waals surface area (Å²) in [7, 11) is 3.93. The summed E-state index contributed by atoms with van der Waals surface area (Å²) in [6.45, 7) is 2.62. The number of anilines is 1. The van der Waals surface area contributed by atoms with Crippen LogP contribution in [0, 0.1) is 11.8 Å². The molecule has 2 aromatic rings. The highest BCUT2D eigenvalue weighted by molar-refractivity contribution is 5.86. The number of H-pyrrole nitrogens is 1. The molecule has 96 valence electrons. The Morgan fingerprint density at radius 1 is 1.22 bits per heavy atom. The van der Waals surface area contributed by atoms with Crippen LogP contribution < -0.4 is 10.2 Å². The lowest BCUT2D eigenvalue weighted by Gasteiger charge is -2.10. The quantitative estimate of drug-likeness (QED) is 0.794. The first-order valence-electron chi connectivity index (χ1n) is 6.42. The van der Waals surface area contributed by atoms with Crippen LogP contribution in [0.2, 0.25) is 0 Å². The number of fused-ring (bicyclic) bond motifs is 2. The van der Waals surface area contributed by atoms with Crippen LogP contribution in [-0.4, -0.2) is 42.1 Å². The van der Waals surface area contributed by atoms with E-state index < -0.39 is 0 Å². The van der Waals surface area contributed by atoms with Crippen molar-refractivity contribution in [1.29, 1.82) is 0 Å². The van der Waals surface area contributed by atoms with Crippen LogP contribution in [-0.2, 0) is 0 Å². The fraction of sp³-hybridized carbons (Fsp3) is 0.538. The van der Waals surface area contributed by atoms with Gasteiger partial charge in [0.2, 0.25) is 0 Å². The predicted octanol–water partition coefficient (Wildman–Crippen LogP) is 1.25. The summed E-state index contributed by atoms with van der Waals surface area (Å²) in [5, 5.41) is 4.38. The Hall–Kier alpha value is -1.62. The van der Waals surface area contributed by atoms with E-state index in [-0.39, 0.29) is 0 Å². The summed E-state index contributed by atoms with van der Waals surface area (Å²) >= 11 is 0. The Morgan fingerprint density at radius 3 is 2.56 bits per heavy atom. The van der Waals surface area contributed by atoms with Crippen molar-refractivity contribution in [2.24, 2.45) is 11.8 Å². The van der Waals surface area contributed by atoms with Gasteiger partial charge in [-0.1, -0.05) is 0 Å². The second-order valence-electron chi connectivity index (χ2n) is 5.25. The number of rotatable bonds is 1. The summed E-state index contributed by atoms with van der Waals surface area (Å²) in [4.78, 5) is 13.3. The van der Waals surface area contributed by atoms with Gasteiger partial charge in [-0.25, -0.2) is 9.97 Å². The van der Waals surface area contributed by atoms with Gasteiger partial charge in [-0.05, 0) is 37.4 Å². The van der Waals surface area contributed by atoms with Gasteiger partial charge in [0.05, 0.1) is 5.39 Å². The van der Waals surface area contributed by atoms with Crippen molar-refractivity contribution in [1.82, 2.24) is 20.3 Å². The van der Waals surface area contributed by atoms with Gasteiger partial charge in [0, 0.05) is 20.3 Å². The van der Waals surface area contributed by atoms with E-state index in [4.69, 9.17) is 0 Å². The average molecular weight is 245 g/mol. The van der Waals surface area contributed by atoms with E-state index in [9.17, 15) is 0 Å². The van der Waals surface area contributed by atoms with Crippen molar-refractivity contribution in [3.8, 4) is 0 Å². The van der Waals surface area contributed by atoms with Crippen molar-refractivity contribution < 1.29 is 0 Å². The van der Waals surface area contributed by atoms with Gasteiger partial charge < -0.3 is 15.2 Å². The monoisotopic (exact) mass is 245 g/mol. The Balaban J connectivity index is 0.000000137. The zero-order valence-electron chi connectivity index (χ0n) is 10.8. The number of hydrogen-bond donors (Lipinski definition) is 2. The first kappa shape index (κ1) is 11.5. The van der Waals surface area contributed by atoms with Crippen LogP contribution in [0.15, 0.2) is 18.6 Å².